The van der Waals surface area contributed by atoms with E-state index in [2.05, 4.69) is 36.4 Å². The summed E-state index contributed by atoms with van der Waals surface area (Å²) in [6.45, 7) is -3.23. The van der Waals surface area contributed by atoms with E-state index in [-0.39, 0.29) is 11.8 Å². The van der Waals surface area contributed by atoms with Gasteiger partial charge in [-0.3, -0.25) is 0 Å². The summed E-state index contributed by atoms with van der Waals surface area (Å²) in [4.78, 5) is 39.7. The molecule has 1 aliphatic heterocycles. The Bertz CT molecular complexity index is 1270. The van der Waals surface area contributed by atoms with E-state index in [9.17, 15) is 14.5 Å². The van der Waals surface area contributed by atoms with Crippen molar-refractivity contribution in [1.82, 2.24) is 4.90 Å². The third kappa shape index (κ3) is 4.60. The monoisotopic (exact) mass is 523 g/mol. The summed E-state index contributed by atoms with van der Waals surface area (Å²) in [5.41, 5.74) is 1.02. The fourth-order valence-electron chi connectivity index (χ4n) is 5.74. The van der Waals surface area contributed by atoms with Gasteiger partial charge in [0.15, 0.2) is 0 Å². The molecule has 2 amide bonds. The molecule has 1 heterocycles. The van der Waals surface area contributed by atoms with Gasteiger partial charge >= 0.3 is 225 Å². The summed E-state index contributed by atoms with van der Waals surface area (Å²) in [6, 6.07) is 37.5. The first-order valence-corrected chi connectivity index (χ1v) is 15.8. The van der Waals surface area contributed by atoms with Crippen molar-refractivity contribution in [3.05, 3.63) is 126 Å². The number of hydrogen-bond donors (Lipinski definition) is 1. The van der Waals surface area contributed by atoms with Crippen molar-refractivity contribution in [3.8, 4) is 0 Å². The van der Waals surface area contributed by atoms with Crippen molar-refractivity contribution in [3.63, 3.8) is 0 Å². The zero-order valence-corrected chi connectivity index (χ0v) is 22.5. The average Bonchev–Trinajstić information content (AvgIpc) is 3.23. The standard InChI is InChI=1S/C33H34NO3P/c35-32-30-23-13-14-24-31(30)33(36)34(32)25-15-2-1-3-16-26-38(37,27-17-7-4-8-18-27,28-19-9-5-10-20-28)29-21-11-6-12-22-29/h4-14,17-24,37H,1-3,15-16,25-26H2. The van der Waals surface area contributed by atoms with E-state index in [0.29, 0.717) is 23.8 Å². The van der Waals surface area contributed by atoms with E-state index in [1.54, 1.807) is 24.3 Å². The number of imide groups is 1. The minimum absolute atomic E-state index is 0.183. The van der Waals surface area contributed by atoms with E-state index >= 15 is 0 Å². The van der Waals surface area contributed by atoms with Crippen LogP contribution in [0.2, 0.25) is 0 Å². The van der Waals surface area contributed by atoms with Crippen LogP contribution in [0.15, 0.2) is 115 Å². The Hall–Kier alpha value is -3.59. The number of unbranched alkanes of at least 4 members (excludes halogenated alkanes) is 4. The first-order chi connectivity index (χ1) is 18.5. The van der Waals surface area contributed by atoms with Crippen LogP contribution in [-0.4, -0.2) is 34.3 Å². The molecule has 0 spiro atoms. The minimum atomic E-state index is -3.68. The molecular formula is C33H34NO3P. The summed E-state index contributed by atoms with van der Waals surface area (Å²) in [6.07, 6.45) is 5.20. The molecule has 1 aliphatic rings. The average molecular weight is 524 g/mol. The van der Waals surface area contributed by atoms with Gasteiger partial charge in [-0.2, -0.15) is 0 Å². The van der Waals surface area contributed by atoms with Gasteiger partial charge < -0.3 is 0 Å². The Labute approximate surface area is 225 Å². The van der Waals surface area contributed by atoms with Gasteiger partial charge in [0.1, 0.15) is 0 Å². The Morgan fingerprint density at radius 1 is 0.500 bits per heavy atom. The predicted octanol–water partition coefficient (Wildman–Crippen LogP) is 5.67. The fourth-order valence-corrected chi connectivity index (χ4v) is 10.7. The molecule has 0 saturated carbocycles. The molecule has 0 bridgehead atoms. The van der Waals surface area contributed by atoms with Crippen LogP contribution >= 0.6 is 6.83 Å². The number of amides is 2. The summed E-state index contributed by atoms with van der Waals surface area (Å²) < 4.78 is 0. The molecule has 4 aromatic carbocycles. The first-order valence-electron chi connectivity index (χ1n) is 13.4. The number of rotatable bonds is 11. The molecule has 0 aliphatic carbocycles. The molecule has 4 nitrogen and oxygen atoms in total. The van der Waals surface area contributed by atoms with Crippen LogP contribution in [0.5, 0.6) is 0 Å². The summed E-state index contributed by atoms with van der Waals surface area (Å²) in [7, 11) is 0. The predicted molar refractivity (Wildman–Crippen MR) is 157 cm³/mol. The Balaban J connectivity index is 1.27. The Morgan fingerprint density at radius 2 is 0.868 bits per heavy atom. The first kappa shape index (κ1) is 26.0. The van der Waals surface area contributed by atoms with Gasteiger partial charge in [-0.1, -0.05) is 0 Å². The maximum atomic E-state index is 13.1. The van der Waals surface area contributed by atoms with Crippen LogP contribution in [0.25, 0.3) is 0 Å². The molecule has 0 saturated heterocycles. The van der Waals surface area contributed by atoms with Crippen molar-refractivity contribution < 1.29 is 14.5 Å². The second-order valence-electron chi connectivity index (χ2n) is 10.1. The maximum absolute atomic E-state index is 13.1. The van der Waals surface area contributed by atoms with Gasteiger partial charge in [-0.05, 0) is 0 Å². The van der Waals surface area contributed by atoms with Gasteiger partial charge in [0.2, 0.25) is 0 Å². The molecule has 5 rings (SSSR count). The van der Waals surface area contributed by atoms with E-state index in [0.717, 1.165) is 48.0 Å². The molecule has 1 N–H and O–H groups in total. The molecule has 194 valence electrons. The molecule has 4 aromatic rings. The summed E-state index contributed by atoms with van der Waals surface area (Å²) in [5.74, 6) is -0.367. The topological polar surface area (TPSA) is 57.6 Å². The van der Waals surface area contributed by atoms with Crippen molar-refractivity contribution in [1.29, 1.82) is 0 Å². The summed E-state index contributed by atoms with van der Waals surface area (Å²) in [5, 5.41) is 2.96. The van der Waals surface area contributed by atoms with Gasteiger partial charge in [-0.15, -0.1) is 0 Å². The van der Waals surface area contributed by atoms with Crippen molar-refractivity contribution in [2.75, 3.05) is 12.7 Å². The molecule has 38 heavy (non-hydrogen) atoms. The zero-order valence-electron chi connectivity index (χ0n) is 21.6. The van der Waals surface area contributed by atoms with Gasteiger partial charge in [0.05, 0.1) is 0 Å². The van der Waals surface area contributed by atoms with Crippen molar-refractivity contribution in [2.45, 2.75) is 32.1 Å². The van der Waals surface area contributed by atoms with Crippen LogP contribution in [0.4, 0.5) is 0 Å². The number of benzene rings is 4. The fraction of sp³-hybridized carbons (Fsp3) is 0.212. The van der Waals surface area contributed by atoms with E-state index in [4.69, 9.17) is 0 Å². The van der Waals surface area contributed by atoms with E-state index in [1.807, 2.05) is 54.6 Å². The molecule has 0 radical (unpaired) electrons. The van der Waals surface area contributed by atoms with E-state index in [1.165, 1.54) is 4.90 Å². The molecule has 0 unspecified atom stereocenters. The van der Waals surface area contributed by atoms with Crippen LogP contribution in [0.3, 0.4) is 0 Å². The van der Waals surface area contributed by atoms with Crippen molar-refractivity contribution in [2.24, 2.45) is 0 Å². The van der Waals surface area contributed by atoms with Crippen LogP contribution in [0.1, 0.15) is 52.8 Å². The van der Waals surface area contributed by atoms with Crippen LogP contribution < -0.4 is 15.9 Å². The quantitative estimate of drug-likeness (QED) is 0.157. The third-order valence-electron chi connectivity index (χ3n) is 7.79. The Morgan fingerprint density at radius 3 is 1.32 bits per heavy atom. The number of carbonyl (C=O) groups excluding carboxylic acids is 2. The van der Waals surface area contributed by atoms with E-state index < -0.39 is 6.83 Å². The van der Waals surface area contributed by atoms with Gasteiger partial charge in [-0.25, -0.2) is 0 Å². The van der Waals surface area contributed by atoms with Gasteiger partial charge in [0.25, 0.3) is 0 Å². The second-order valence-corrected chi connectivity index (χ2v) is 14.6. The molecule has 0 fully saturated rings. The summed E-state index contributed by atoms with van der Waals surface area (Å²) >= 11 is 0. The van der Waals surface area contributed by atoms with Gasteiger partial charge in [0, 0.05) is 0 Å². The third-order valence-corrected chi connectivity index (χ3v) is 13.2. The second kappa shape index (κ2) is 11.0. The number of fused-ring (bicyclic) bond motifs is 1. The molecule has 0 aromatic heterocycles. The normalized spacial score (nSPS) is 14.2. The number of hydrogen-bond acceptors (Lipinski definition) is 3. The van der Waals surface area contributed by atoms with Crippen LogP contribution in [-0.2, 0) is 0 Å². The molecular weight excluding hydrogens is 489 g/mol. The number of nitrogens with zero attached hydrogens (tertiary/aromatic N) is 1. The molecule has 5 heteroatoms. The number of carbonyl (C=O) groups is 2. The molecule has 0 atom stereocenters. The zero-order chi connectivity index (χ0) is 26.5. The van der Waals surface area contributed by atoms with Crippen LogP contribution in [0, 0.1) is 0 Å². The SMILES string of the molecule is O=C1c2ccccc2C(=O)N1CCCCCCCP(O)(c1ccccc1)(c1ccccc1)c1ccccc1. The van der Waals surface area contributed by atoms with Crippen molar-refractivity contribution >= 4 is 34.6 Å². The Kier molecular flexibility index (Phi) is 7.56.